The third-order valence-electron chi connectivity index (χ3n) is 5.26. The molecule has 1 fully saturated rings. The molecule has 0 aromatic heterocycles. The second-order valence-corrected chi connectivity index (χ2v) is 11.7. The number of ether oxygens (including phenoxy) is 1. The molecular formula is C21H35N3O6S2. The van der Waals surface area contributed by atoms with Crippen LogP contribution in [-0.4, -0.2) is 65.9 Å². The Bertz CT molecular complexity index is 927. The highest BCUT2D eigenvalue weighted by Gasteiger charge is 2.26. The van der Waals surface area contributed by atoms with E-state index in [0.29, 0.717) is 19.6 Å². The Morgan fingerprint density at radius 1 is 1.03 bits per heavy atom. The zero-order chi connectivity index (χ0) is 23.6. The number of rotatable bonds is 13. The van der Waals surface area contributed by atoms with Crippen molar-refractivity contribution in [3.8, 4) is 0 Å². The molecule has 2 N–H and O–H groups in total. The summed E-state index contributed by atoms with van der Waals surface area (Å²) in [6.45, 7) is 5.44. The van der Waals surface area contributed by atoms with Crippen LogP contribution in [0.4, 0.5) is 0 Å². The minimum absolute atomic E-state index is 0.0209. The Morgan fingerprint density at radius 3 is 2.28 bits per heavy atom. The highest BCUT2D eigenvalue weighted by molar-refractivity contribution is 7.89. The number of nitrogens with zero attached hydrogens (tertiary/aromatic N) is 1. The highest BCUT2D eigenvalue weighted by Crippen LogP contribution is 2.19. The molecule has 0 bridgehead atoms. The van der Waals surface area contributed by atoms with E-state index < -0.39 is 20.0 Å². The van der Waals surface area contributed by atoms with Gasteiger partial charge in [0.05, 0.1) is 23.0 Å². The Labute approximate surface area is 192 Å². The summed E-state index contributed by atoms with van der Waals surface area (Å²) in [6.07, 6.45) is 4.89. The van der Waals surface area contributed by atoms with Crippen LogP contribution in [-0.2, 0) is 29.6 Å². The van der Waals surface area contributed by atoms with E-state index in [1.165, 1.54) is 28.6 Å². The third kappa shape index (κ3) is 8.11. The van der Waals surface area contributed by atoms with E-state index in [0.717, 1.165) is 25.7 Å². The first-order valence-electron chi connectivity index (χ1n) is 11.1. The highest BCUT2D eigenvalue weighted by atomic mass is 32.2. The number of sulfonamides is 2. The van der Waals surface area contributed by atoms with Crippen molar-refractivity contribution in [1.82, 2.24) is 14.3 Å². The van der Waals surface area contributed by atoms with Crippen molar-refractivity contribution in [3.63, 3.8) is 0 Å². The van der Waals surface area contributed by atoms with Crippen molar-refractivity contribution in [3.05, 3.63) is 24.3 Å². The van der Waals surface area contributed by atoms with E-state index in [1.807, 2.05) is 6.92 Å². The Balaban J connectivity index is 1.81. The number of carbonyl (C=O) groups excluding carboxylic acids is 1. The van der Waals surface area contributed by atoms with Gasteiger partial charge in [-0.15, -0.1) is 0 Å². The van der Waals surface area contributed by atoms with Gasteiger partial charge in [-0.3, -0.25) is 4.79 Å². The lowest BCUT2D eigenvalue weighted by Gasteiger charge is -2.26. The van der Waals surface area contributed by atoms with Gasteiger partial charge in [0.25, 0.3) is 0 Å². The van der Waals surface area contributed by atoms with Crippen LogP contribution >= 0.6 is 0 Å². The van der Waals surface area contributed by atoms with Gasteiger partial charge in [-0.05, 0) is 44.0 Å². The zero-order valence-electron chi connectivity index (χ0n) is 18.9. The van der Waals surface area contributed by atoms with Gasteiger partial charge in [-0.1, -0.05) is 26.2 Å². The summed E-state index contributed by atoms with van der Waals surface area (Å²) in [5.41, 5.74) is 0. The van der Waals surface area contributed by atoms with Gasteiger partial charge in [0.2, 0.25) is 26.0 Å². The first-order valence-corrected chi connectivity index (χ1v) is 14.1. The first kappa shape index (κ1) is 26.7. The van der Waals surface area contributed by atoms with Crippen LogP contribution in [0, 0.1) is 0 Å². The lowest BCUT2D eigenvalue weighted by molar-refractivity contribution is -0.121. The monoisotopic (exact) mass is 489 g/mol. The first-order chi connectivity index (χ1) is 15.2. The topological polar surface area (TPSA) is 122 Å². The summed E-state index contributed by atoms with van der Waals surface area (Å²) in [6, 6.07) is 5.26. The molecule has 11 heteroatoms. The molecule has 1 amide bonds. The van der Waals surface area contributed by atoms with E-state index in [-0.39, 0.29) is 47.8 Å². The average Bonchev–Trinajstić information content (AvgIpc) is 2.77. The number of unbranched alkanes of at least 4 members (excludes halogenated alkanes) is 2. The van der Waals surface area contributed by atoms with E-state index in [4.69, 9.17) is 4.74 Å². The van der Waals surface area contributed by atoms with Crippen LogP contribution in [0.5, 0.6) is 0 Å². The van der Waals surface area contributed by atoms with Crippen LogP contribution in [0.15, 0.2) is 34.1 Å². The van der Waals surface area contributed by atoms with Gasteiger partial charge in [0, 0.05) is 32.1 Å². The third-order valence-corrected chi connectivity index (χ3v) is 8.65. The van der Waals surface area contributed by atoms with Gasteiger partial charge in [-0.25, -0.2) is 21.6 Å². The van der Waals surface area contributed by atoms with Gasteiger partial charge in [0.1, 0.15) is 0 Å². The molecular weight excluding hydrogens is 454 g/mol. The van der Waals surface area contributed by atoms with Crippen molar-refractivity contribution in [1.29, 1.82) is 0 Å². The maximum Gasteiger partial charge on any atom is 0.243 e. The van der Waals surface area contributed by atoms with E-state index >= 15 is 0 Å². The zero-order valence-corrected chi connectivity index (χ0v) is 20.5. The lowest BCUT2D eigenvalue weighted by Crippen LogP contribution is -2.40. The standard InChI is InChI=1S/C21H35N3O6S2/c1-3-4-5-7-18(2)23-21(25)8-6-13-22-31(26,27)19-9-11-20(12-10-19)32(28,29)24-14-16-30-17-15-24/h9-12,18,22H,3-8,13-17H2,1-2H3,(H,23,25). The normalized spacial score (nSPS) is 16.6. The fourth-order valence-corrected chi connectivity index (χ4v) is 5.87. The largest absolute Gasteiger partial charge is 0.379 e. The van der Waals surface area contributed by atoms with Crippen molar-refractivity contribution in [2.75, 3.05) is 32.8 Å². The fraction of sp³-hybridized carbons (Fsp3) is 0.667. The number of hydrogen-bond donors (Lipinski definition) is 2. The Kier molecular flexibility index (Phi) is 10.6. The van der Waals surface area contributed by atoms with Gasteiger partial charge >= 0.3 is 0 Å². The molecule has 0 aliphatic carbocycles. The van der Waals surface area contributed by atoms with Gasteiger partial charge < -0.3 is 10.1 Å². The summed E-state index contributed by atoms with van der Waals surface area (Å²) in [5, 5.41) is 2.93. The lowest BCUT2D eigenvalue weighted by atomic mass is 10.1. The second kappa shape index (κ2) is 12.6. The van der Waals surface area contributed by atoms with E-state index in [2.05, 4.69) is 17.0 Å². The summed E-state index contributed by atoms with van der Waals surface area (Å²) in [7, 11) is -7.47. The average molecular weight is 490 g/mol. The quantitative estimate of drug-likeness (QED) is 0.408. The summed E-state index contributed by atoms with van der Waals surface area (Å²) < 4.78 is 59.2. The number of nitrogens with one attached hydrogen (secondary N) is 2. The molecule has 0 spiro atoms. The van der Waals surface area contributed by atoms with Crippen LogP contribution in [0.1, 0.15) is 52.4 Å². The van der Waals surface area contributed by atoms with Gasteiger partial charge in [-0.2, -0.15) is 4.31 Å². The number of morpholine rings is 1. The van der Waals surface area contributed by atoms with Crippen LogP contribution in [0.3, 0.4) is 0 Å². The fourth-order valence-electron chi connectivity index (χ4n) is 3.39. The van der Waals surface area contributed by atoms with Crippen LogP contribution in [0.25, 0.3) is 0 Å². The predicted molar refractivity (Wildman–Crippen MR) is 122 cm³/mol. The smallest absolute Gasteiger partial charge is 0.243 e. The number of carbonyl (C=O) groups is 1. The van der Waals surface area contributed by atoms with Gasteiger partial charge in [0.15, 0.2) is 0 Å². The van der Waals surface area contributed by atoms with Crippen LogP contribution in [0.2, 0.25) is 0 Å². The molecule has 1 aliphatic heterocycles. The minimum atomic E-state index is -3.79. The number of amides is 1. The summed E-state index contributed by atoms with van der Waals surface area (Å²) in [4.78, 5) is 12.0. The second-order valence-electron chi connectivity index (χ2n) is 7.95. The van der Waals surface area contributed by atoms with Crippen LogP contribution < -0.4 is 10.0 Å². The van der Waals surface area contributed by atoms with Crippen molar-refractivity contribution >= 4 is 26.0 Å². The molecule has 1 saturated heterocycles. The Hall–Kier alpha value is -1.53. The molecule has 0 saturated carbocycles. The maximum atomic E-state index is 12.6. The van der Waals surface area contributed by atoms with E-state index in [9.17, 15) is 21.6 Å². The van der Waals surface area contributed by atoms with Crippen molar-refractivity contribution < 1.29 is 26.4 Å². The van der Waals surface area contributed by atoms with Crippen molar-refractivity contribution in [2.45, 2.75) is 68.2 Å². The summed E-state index contributed by atoms with van der Waals surface area (Å²) >= 11 is 0. The number of benzene rings is 1. The molecule has 182 valence electrons. The Morgan fingerprint density at radius 2 is 1.66 bits per heavy atom. The van der Waals surface area contributed by atoms with Crippen molar-refractivity contribution in [2.24, 2.45) is 0 Å². The van der Waals surface area contributed by atoms with E-state index in [1.54, 1.807) is 0 Å². The molecule has 1 heterocycles. The molecule has 1 aliphatic rings. The number of hydrogen-bond acceptors (Lipinski definition) is 6. The summed E-state index contributed by atoms with van der Waals surface area (Å²) in [5.74, 6) is -0.0918. The molecule has 1 aromatic carbocycles. The molecule has 1 unspecified atom stereocenters. The molecule has 32 heavy (non-hydrogen) atoms. The molecule has 9 nitrogen and oxygen atoms in total. The maximum absolute atomic E-state index is 12.6. The SMILES string of the molecule is CCCCCC(C)NC(=O)CCCNS(=O)(=O)c1ccc(S(=O)(=O)N2CCOCC2)cc1. The molecule has 0 radical (unpaired) electrons. The molecule has 1 aromatic rings. The predicted octanol–water partition coefficient (Wildman–Crippen LogP) is 1.85. The molecule has 1 atom stereocenters. The minimum Gasteiger partial charge on any atom is -0.379 e. The molecule has 2 rings (SSSR count).